The van der Waals surface area contributed by atoms with Gasteiger partial charge in [-0.1, -0.05) is 22.8 Å². The van der Waals surface area contributed by atoms with E-state index in [1.165, 1.54) is 17.9 Å². The summed E-state index contributed by atoms with van der Waals surface area (Å²) in [6.07, 6.45) is 6.31. The molecule has 2 heterocycles. The van der Waals surface area contributed by atoms with E-state index in [9.17, 15) is 9.00 Å². The van der Waals surface area contributed by atoms with Crippen molar-refractivity contribution in [1.29, 1.82) is 0 Å². The summed E-state index contributed by atoms with van der Waals surface area (Å²) in [6.45, 7) is 5.17. The second-order valence-electron chi connectivity index (χ2n) is 5.08. The van der Waals surface area contributed by atoms with Gasteiger partial charge in [0, 0.05) is 22.7 Å². The van der Waals surface area contributed by atoms with Crippen LogP contribution in [0.15, 0.2) is 48.5 Å². The first kappa shape index (κ1) is 19.8. The van der Waals surface area contributed by atoms with E-state index in [2.05, 4.69) is 27.1 Å². The van der Waals surface area contributed by atoms with Crippen molar-refractivity contribution in [3.8, 4) is 5.69 Å². The fourth-order valence-electron chi connectivity index (χ4n) is 2.03. The lowest BCUT2D eigenvalue weighted by atomic mass is 10.2. The van der Waals surface area contributed by atoms with E-state index in [1.807, 2.05) is 0 Å². The Balaban J connectivity index is 2.22. The zero-order chi connectivity index (χ0) is 19.1. The van der Waals surface area contributed by atoms with Gasteiger partial charge in [-0.2, -0.15) is 5.10 Å². The number of nitrogens with one attached hydrogen (secondary N) is 1. The van der Waals surface area contributed by atoms with Gasteiger partial charge < -0.3 is 10.2 Å². The molecule has 10 heteroatoms. The largest absolute Gasteiger partial charge is 0.399 e. The summed E-state index contributed by atoms with van der Waals surface area (Å²) in [4.78, 5) is 21.3. The normalized spacial score (nSPS) is 13.7. The molecule has 1 amide bonds. The van der Waals surface area contributed by atoms with Crippen LogP contribution < -0.4 is 5.32 Å². The molecule has 0 spiro atoms. The Morgan fingerprint density at radius 2 is 2.38 bits per heavy atom. The molecule has 2 aromatic heterocycles. The van der Waals surface area contributed by atoms with Crippen LogP contribution in [0, 0.1) is 0 Å². The van der Waals surface area contributed by atoms with Gasteiger partial charge >= 0.3 is 0 Å². The fourth-order valence-corrected chi connectivity index (χ4v) is 3.13. The van der Waals surface area contributed by atoms with Gasteiger partial charge in [0.15, 0.2) is 10.9 Å². The number of hydrogen-bond acceptors (Lipinski definition) is 6. The summed E-state index contributed by atoms with van der Waals surface area (Å²) in [5.74, 6) is -0.346. The Hall–Kier alpha value is -2.52. The van der Waals surface area contributed by atoms with Crippen LogP contribution in [-0.4, -0.2) is 48.7 Å². The van der Waals surface area contributed by atoms with Crippen LogP contribution in [-0.2, 0) is 20.4 Å². The van der Waals surface area contributed by atoms with Crippen molar-refractivity contribution in [1.82, 2.24) is 14.8 Å². The lowest BCUT2D eigenvalue weighted by Gasteiger charge is -2.12. The highest BCUT2D eigenvalue weighted by molar-refractivity contribution is 7.86. The predicted molar refractivity (Wildman–Crippen MR) is 102 cm³/mol. The summed E-state index contributed by atoms with van der Waals surface area (Å²) in [7, 11) is -0.0472. The van der Waals surface area contributed by atoms with Gasteiger partial charge in [0.1, 0.15) is 7.11 Å². The molecule has 0 aliphatic rings. The maximum Gasteiger partial charge on any atom is 0.274 e. The van der Waals surface area contributed by atoms with Crippen molar-refractivity contribution >= 4 is 39.7 Å². The lowest BCUT2D eigenvalue weighted by molar-refractivity contribution is -0.110. The predicted octanol–water partition coefficient (Wildman–Crippen LogP) is 2.18. The molecule has 0 saturated heterocycles. The highest BCUT2D eigenvalue weighted by Gasteiger charge is 2.26. The number of hydrogen-bond donors (Lipinski definition) is 1. The highest BCUT2D eigenvalue weighted by Crippen LogP contribution is 2.22. The van der Waals surface area contributed by atoms with Crippen molar-refractivity contribution in [2.45, 2.75) is 12.2 Å². The van der Waals surface area contributed by atoms with E-state index in [1.54, 1.807) is 37.6 Å². The van der Waals surface area contributed by atoms with Crippen molar-refractivity contribution in [2.24, 2.45) is 5.16 Å². The quantitative estimate of drug-likeness (QED) is 0.419. The fraction of sp³-hybridized carbons (Fsp3) is 0.250. The monoisotopic (exact) mass is 395 g/mol. The SMILES string of the molecule is C=CCS(=O)C(C)C(=NOC)C(=O)Nc1cn(-c2cccnc2)nc1Cl. The minimum Gasteiger partial charge on any atom is -0.399 e. The maximum absolute atomic E-state index is 12.6. The Morgan fingerprint density at radius 3 is 3.00 bits per heavy atom. The van der Waals surface area contributed by atoms with E-state index >= 15 is 0 Å². The summed E-state index contributed by atoms with van der Waals surface area (Å²) < 4.78 is 13.6. The van der Waals surface area contributed by atoms with Crippen LogP contribution in [0.25, 0.3) is 5.69 Å². The van der Waals surface area contributed by atoms with Crippen molar-refractivity contribution in [3.05, 3.63) is 48.5 Å². The second kappa shape index (κ2) is 9.25. The van der Waals surface area contributed by atoms with Crippen LogP contribution >= 0.6 is 11.6 Å². The number of halogens is 1. The van der Waals surface area contributed by atoms with Gasteiger partial charge in [0.25, 0.3) is 5.91 Å². The molecule has 1 N–H and O–H groups in total. The molecule has 2 unspecified atom stereocenters. The number of pyridine rings is 1. The first-order valence-corrected chi connectivity index (χ1v) is 9.30. The first-order valence-electron chi connectivity index (χ1n) is 7.54. The van der Waals surface area contributed by atoms with Crippen LogP contribution in [0.2, 0.25) is 5.15 Å². The van der Waals surface area contributed by atoms with Gasteiger partial charge in [-0.05, 0) is 19.1 Å². The summed E-state index contributed by atoms with van der Waals surface area (Å²) >= 11 is 6.10. The van der Waals surface area contributed by atoms with Gasteiger partial charge in [-0.3, -0.25) is 14.0 Å². The van der Waals surface area contributed by atoms with Crippen molar-refractivity contribution < 1.29 is 13.8 Å². The Bertz CT molecular complexity index is 838. The van der Waals surface area contributed by atoms with E-state index < -0.39 is 22.0 Å². The van der Waals surface area contributed by atoms with Crippen molar-refractivity contribution in [2.75, 3.05) is 18.2 Å². The highest BCUT2D eigenvalue weighted by atomic mass is 35.5. The third kappa shape index (κ3) is 4.77. The van der Waals surface area contributed by atoms with E-state index in [0.29, 0.717) is 5.69 Å². The molecule has 8 nitrogen and oxygen atoms in total. The first-order chi connectivity index (χ1) is 12.5. The van der Waals surface area contributed by atoms with Gasteiger partial charge in [0.05, 0.1) is 29.0 Å². The molecule has 138 valence electrons. The average Bonchev–Trinajstić information content (AvgIpc) is 3.00. The molecule has 0 bridgehead atoms. The molecule has 0 aromatic carbocycles. The topological polar surface area (TPSA) is 98.5 Å². The second-order valence-corrected chi connectivity index (χ2v) is 7.24. The smallest absolute Gasteiger partial charge is 0.274 e. The molecular weight excluding hydrogens is 378 g/mol. The molecule has 0 radical (unpaired) electrons. The van der Waals surface area contributed by atoms with Crippen LogP contribution in [0.5, 0.6) is 0 Å². The molecule has 0 aliphatic heterocycles. The average molecular weight is 396 g/mol. The number of amides is 1. The van der Waals surface area contributed by atoms with Gasteiger partial charge in [-0.15, -0.1) is 6.58 Å². The summed E-state index contributed by atoms with van der Waals surface area (Å²) in [5.41, 5.74) is 0.949. The third-order valence-electron chi connectivity index (χ3n) is 3.31. The van der Waals surface area contributed by atoms with Crippen LogP contribution in [0.3, 0.4) is 0 Å². The number of carbonyl (C=O) groups is 1. The summed E-state index contributed by atoms with van der Waals surface area (Å²) in [6, 6.07) is 3.55. The lowest BCUT2D eigenvalue weighted by Crippen LogP contribution is -2.35. The Kier molecular flexibility index (Phi) is 7.05. The van der Waals surface area contributed by atoms with Crippen molar-refractivity contribution in [3.63, 3.8) is 0 Å². The summed E-state index contributed by atoms with van der Waals surface area (Å²) in [5, 5.41) is 9.91. The molecule has 26 heavy (non-hydrogen) atoms. The molecule has 0 fully saturated rings. The minimum absolute atomic E-state index is 0.0159. The molecule has 2 aromatic rings. The number of anilines is 1. The van der Waals surface area contributed by atoms with Crippen LogP contribution in [0.4, 0.5) is 5.69 Å². The number of rotatable bonds is 8. The van der Waals surface area contributed by atoms with E-state index in [4.69, 9.17) is 16.4 Å². The van der Waals surface area contributed by atoms with E-state index in [-0.39, 0.29) is 22.3 Å². The molecule has 2 rings (SSSR count). The van der Waals surface area contributed by atoms with Crippen LogP contribution in [0.1, 0.15) is 6.92 Å². The minimum atomic E-state index is -1.36. The third-order valence-corrected chi connectivity index (χ3v) is 5.17. The van der Waals surface area contributed by atoms with Gasteiger partial charge in [-0.25, -0.2) is 4.68 Å². The molecule has 0 saturated carbocycles. The van der Waals surface area contributed by atoms with Gasteiger partial charge in [0.2, 0.25) is 0 Å². The zero-order valence-corrected chi connectivity index (χ0v) is 15.8. The number of oxime groups is 1. The standard InChI is InChI=1S/C16H18ClN5O3S/c1-4-8-26(24)11(2)14(21-25-3)16(23)19-13-10-22(20-15(13)17)12-6-5-7-18-9-12/h4-7,9-11H,1,8H2,2-3H3,(H,19,23). The molecule has 0 aliphatic carbocycles. The molecule has 2 atom stereocenters. The van der Waals surface area contributed by atoms with E-state index in [0.717, 1.165) is 0 Å². The molecular formula is C16H18ClN5O3S. The number of nitrogens with zero attached hydrogens (tertiary/aromatic N) is 4. The number of carbonyl (C=O) groups excluding carboxylic acids is 1. The number of aromatic nitrogens is 3. The Morgan fingerprint density at radius 1 is 1.62 bits per heavy atom. The zero-order valence-electron chi connectivity index (χ0n) is 14.3. The Labute approximate surface area is 158 Å². The maximum atomic E-state index is 12.6.